The van der Waals surface area contributed by atoms with Gasteiger partial charge in [-0.05, 0) is 31.5 Å². The quantitative estimate of drug-likeness (QED) is 0.743. The Morgan fingerprint density at radius 1 is 1.07 bits per heavy atom. The van der Waals surface area contributed by atoms with E-state index in [-0.39, 0.29) is 5.91 Å². The van der Waals surface area contributed by atoms with Crippen molar-refractivity contribution >= 4 is 29.3 Å². The zero-order chi connectivity index (χ0) is 19.2. The fourth-order valence-electron chi connectivity index (χ4n) is 3.06. The molecule has 0 spiro atoms. The molecule has 8 nitrogen and oxygen atoms in total. The van der Waals surface area contributed by atoms with Gasteiger partial charge in [0.15, 0.2) is 11.0 Å². The van der Waals surface area contributed by atoms with Crippen LogP contribution in [0, 0.1) is 0 Å². The van der Waals surface area contributed by atoms with Crippen molar-refractivity contribution < 1.29 is 4.79 Å². The van der Waals surface area contributed by atoms with Gasteiger partial charge in [-0.1, -0.05) is 11.6 Å². The van der Waals surface area contributed by atoms with Crippen LogP contribution in [0.15, 0.2) is 24.5 Å². The molecule has 2 aromatic heterocycles. The number of rotatable bonds is 6. The molecule has 2 aromatic rings. The molecule has 1 fully saturated rings. The number of nitrogens with zero attached hydrogens (tertiary/aromatic N) is 7. The number of carbonyl (C=O) groups excluding carboxylic acids is 1. The van der Waals surface area contributed by atoms with Crippen molar-refractivity contribution in [1.82, 2.24) is 25.1 Å². The lowest BCUT2D eigenvalue weighted by Gasteiger charge is -2.35. The average Bonchev–Trinajstić information content (AvgIpc) is 2.71. The van der Waals surface area contributed by atoms with Crippen LogP contribution in [0.4, 0.5) is 11.8 Å². The maximum Gasteiger partial charge on any atom is 0.227 e. The van der Waals surface area contributed by atoms with E-state index in [2.05, 4.69) is 43.8 Å². The van der Waals surface area contributed by atoms with Crippen molar-refractivity contribution in [3.63, 3.8) is 0 Å². The van der Waals surface area contributed by atoms with Gasteiger partial charge in [-0.3, -0.25) is 4.79 Å². The summed E-state index contributed by atoms with van der Waals surface area (Å²) in [5, 5.41) is 8.34. The van der Waals surface area contributed by atoms with Crippen LogP contribution in [0.5, 0.6) is 0 Å². The second-order valence-corrected chi connectivity index (χ2v) is 6.71. The van der Waals surface area contributed by atoms with Gasteiger partial charge in [0, 0.05) is 51.7 Å². The van der Waals surface area contributed by atoms with E-state index in [0.29, 0.717) is 30.6 Å². The van der Waals surface area contributed by atoms with E-state index in [1.54, 1.807) is 18.5 Å². The molecular weight excluding hydrogens is 366 g/mol. The van der Waals surface area contributed by atoms with Crippen LogP contribution in [0.1, 0.15) is 19.4 Å². The first-order chi connectivity index (χ1) is 13.1. The molecule has 1 aliphatic rings. The summed E-state index contributed by atoms with van der Waals surface area (Å²) in [5.41, 5.74) is 0.835. The molecule has 0 radical (unpaired) electrons. The molecule has 0 aromatic carbocycles. The SMILES string of the molecule is CCN(CC)c1ncc(CC(=O)N2CCN(c3ccc(Cl)nn3)CC2)cn1. The number of halogens is 1. The highest BCUT2D eigenvalue weighted by molar-refractivity contribution is 6.29. The molecule has 0 saturated carbocycles. The first-order valence-corrected chi connectivity index (χ1v) is 9.56. The lowest BCUT2D eigenvalue weighted by Crippen LogP contribution is -2.49. The van der Waals surface area contributed by atoms with Crippen LogP contribution in [-0.4, -0.2) is 70.2 Å². The number of hydrogen-bond donors (Lipinski definition) is 0. The first kappa shape index (κ1) is 19.3. The molecule has 0 N–H and O–H groups in total. The smallest absolute Gasteiger partial charge is 0.227 e. The number of amides is 1. The summed E-state index contributed by atoms with van der Waals surface area (Å²) in [6, 6.07) is 3.57. The number of piperazine rings is 1. The van der Waals surface area contributed by atoms with Gasteiger partial charge in [-0.2, -0.15) is 0 Å². The third-order valence-corrected chi connectivity index (χ3v) is 4.87. The Labute approximate surface area is 164 Å². The zero-order valence-electron chi connectivity index (χ0n) is 15.7. The van der Waals surface area contributed by atoms with E-state index in [1.165, 1.54) is 0 Å². The van der Waals surface area contributed by atoms with E-state index in [9.17, 15) is 4.79 Å². The molecule has 0 atom stereocenters. The molecule has 27 heavy (non-hydrogen) atoms. The van der Waals surface area contributed by atoms with Crippen LogP contribution in [0.25, 0.3) is 0 Å². The normalized spacial score (nSPS) is 14.3. The monoisotopic (exact) mass is 389 g/mol. The molecule has 0 bridgehead atoms. The Kier molecular flexibility index (Phi) is 6.39. The molecule has 1 aliphatic heterocycles. The van der Waals surface area contributed by atoms with Gasteiger partial charge in [0.25, 0.3) is 0 Å². The lowest BCUT2D eigenvalue weighted by molar-refractivity contribution is -0.130. The van der Waals surface area contributed by atoms with E-state index in [0.717, 1.165) is 37.6 Å². The van der Waals surface area contributed by atoms with Crippen molar-refractivity contribution in [3.8, 4) is 0 Å². The molecule has 144 valence electrons. The van der Waals surface area contributed by atoms with Crippen molar-refractivity contribution in [2.45, 2.75) is 20.3 Å². The molecule has 3 rings (SSSR count). The van der Waals surface area contributed by atoms with Crippen molar-refractivity contribution in [1.29, 1.82) is 0 Å². The average molecular weight is 390 g/mol. The molecule has 1 saturated heterocycles. The van der Waals surface area contributed by atoms with Crippen LogP contribution < -0.4 is 9.80 Å². The standard InChI is InChI=1S/C18H24ClN7O/c1-3-24(4-2)18-20-12-14(13-21-18)11-17(27)26-9-7-25(8-10-26)16-6-5-15(19)22-23-16/h5-6,12-13H,3-4,7-11H2,1-2H3. The summed E-state index contributed by atoms with van der Waals surface area (Å²) >= 11 is 5.78. The summed E-state index contributed by atoms with van der Waals surface area (Å²) in [5.74, 6) is 1.58. The molecular formula is C18H24ClN7O. The Morgan fingerprint density at radius 3 is 2.30 bits per heavy atom. The zero-order valence-corrected chi connectivity index (χ0v) is 16.4. The van der Waals surface area contributed by atoms with Crippen LogP contribution in [0.2, 0.25) is 5.15 Å². The summed E-state index contributed by atoms with van der Waals surface area (Å²) in [6.07, 6.45) is 3.81. The highest BCUT2D eigenvalue weighted by atomic mass is 35.5. The van der Waals surface area contributed by atoms with E-state index in [4.69, 9.17) is 11.6 Å². The largest absolute Gasteiger partial charge is 0.352 e. The van der Waals surface area contributed by atoms with Gasteiger partial charge in [-0.15, -0.1) is 10.2 Å². The molecule has 0 unspecified atom stereocenters. The summed E-state index contributed by atoms with van der Waals surface area (Å²) < 4.78 is 0. The minimum Gasteiger partial charge on any atom is -0.352 e. The lowest BCUT2D eigenvalue weighted by atomic mass is 10.2. The minimum absolute atomic E-state index is 0.0935. The number of anilines is 2. The highest BCUT2D eigenvalue weighted by Crippen LogP contribution is 2.15. The first-order valence-electron chi connectivity index (χ1n) is 9.18. The van der Waals surface area contributed by atoms with Crippen LogP contribution in [0.3, 0.4) is 0 Å². The van der Waals surface area contributed by atoms with Gasteiger partial charge < -0.3 is 14.7 Å². The number of aromatic nitrogens is 4. The van der Waals surface area contributed by atoms with E-state index >= 15 is 0 Å². The van der Waals surface area contributed by atoms with Gasteiger partial charge in [0.2, 0.25) is 11.9 Å². The summed E-state index contributed by atoms with van der Waals surface area (Å²) in [6.45, 7) is 8.61. The van der Waals surface area contributed by atoms with Gasteiger partial charge in [0.1, 0.15) is 0 Å². The van der Waals surface area contributed by atoms with Crippen molar-refractivity contribution in [3.05, 3.63) is 35.2 Å². The maximum atomic E-state index is 12.6. The molecule has 9 heteroatoms. The Hall–Kier alpha value is -2.48. The second kappa shape index (κ2) is 8.94. The highest BCUT2D eigenvalue weighted by Gasteiger charge is 2.22. The topological polar surface area (TPSA) is 78.4 Å². The van der Waals surface area contributed by atoms with Gasteiger partial charge in [0.05, 0.1) is 6.42 Å². The van der Waals surface area contributed by atoms with Crippen molar-refractivity contribution in [2.24, 2.45) is 0 Å². The van der Waals surface area contributed by atoms with Gasteiger partial charge >= 0.3 is 0 Å². The predicted octanol–water partition coefficient (Wildman–Crippen LogP) is 1.66. The Balaban J connectivity index is 1.53. The number of hydrogen-bond acceptors (Lipinski definition) is 7. The van der Waals surface area contributed by atoms with Crippen LogP contribution >= 0.6 is 11.6 Å². The number of carbonyl (C=O) groups is 1. The Morgan fingerprint density at radius 2 is 1.74 bits per heavy atom. The molecule has 0 aliphatic carbocycles. The fraction of sp³-hybridized carbons (Fsp3) is 0.500. The van der Waals surface area contributed by atoms with E-state index in [1.807, 2.05) is 11.0 Å². The van der Waals surface area contributed by atoms with E-state index < -0.39 is 0 Å². The molecule has 1 amide bonds. The molecule has 3 heterocycles. The third-order valence-electron chi connectivity index (χ3n) is 4.67. The maximum absolute atomic E-state index is 12.6. The van der Waals surface area contributed by atoms with Gasteiger partial charge in [-0.25, -0.2) is 9.97 Å². The minimum atomic E-state index is 0.0935. The van der Waals surface area contributed by atoms with Crippen LogP contribution in [-0.2, 0) is 11.2 Å². The predicted molar refractivity (Wildman–Crippen MR) is 105 cm³/mol. The second-order valence-electron chi connectivity index (χ2n) is 6.32. The summed E-state index contributed by atoms with van der Waals surface area (Å²) in [4.78, 5) is 27.4. The Bertz CT molecular complexity index is 741. The summed E-state index contributed by atoms with van der Waals surface area (Å²) in [7, 11) is 0. The fourth-order valence-corrected chi connectivity index (χ4v) is 3.16. The third kappa shape index (κ3) is 4.82. The van der Waals surface area contributed by atoms with Crippen molar-refractivity contribution in [2.75, 3.05) is 49.1 Å².